The third-order valence-electron chi connectivity index (χ3n) is 4.68. The molecule has 1 heterocycles. The first-order valence-electron chi connectivity index (χ1n) is 9.68. The summed E-state index contributed by atoms with van der Waals surface area (Å²) in [5.74, 6) is 1.50. The van der Waals surface area contributed by atoms with E-state index in [4.69, 9.17) is 9.47 Å². The maximum atomic E-state index is 13.2. The molecule has 1 fully saturated rings. The quantitative estimate of drug-likeness (QED) is 0.534. The van der Waals surface area contributed by atoms with Crippen molar-refractivity contribution < 1.29 is 13.9 Å². The lowest BCUT2D eigenvalue weighted by Gasteiger charge is -2.37. The van der Waals surface area contributed by atoms with E-state index < -0.39 is 0 Å². The predicted octanol–water partition coefficient (Wildman–Crippen LogP) is 2.11. The molecule has 2 unspecified atom stereocenters. The van der Waals surface area contributed by atoms with Gasteiger partial charge in [-0.3, -0.25) is 9.89 Å². The molecule has 2 rings (SSSR count). The van der Waals surface area contributed by atoms with Crippen molar-refractivity contribution in [1.29, 1.82) is 0 Å². The minimum Gasteiger partial charge on any atom is -0.489 e. The smallest absolute Gasteiger partial charge is 0.191 e. The van der Waals surface area contributed by atoms with Gasteiger partial charge in [-0.25, -0.2) is 4.39 Å². The Hall–Kier alpha value is -1.86. The Labute approximate surface area is 162 Å². The van der Waals surface area contributed by atoms with Crippen molar-refractivity contribution in [3.63, 3.8) is 0 Å². The van der Waals surface area contributed by atoms with Crippen LogP contribution >= 0.6 is 0 Å². The van der Waals surface area contributed by atoms with Crippen LogP contribution < -0.4 is 15.4 Å². The molecule has 2 atom stereocenters. The first-order valence-corrected chi connectivity index (χ1v) is 9.68. The molecule has 152 valence electrons. The summed E-state index contributed by atoms with van der Waals surface area (Å²) in [5, 5.41) is 6.70. The summed E-state index contributed by atoms with van der Waals surface area (Å²) in [6, 6.07) is 6.61. The third kappa shape index (κ3) is 7.34. The molecule has 1 aromatic rings. The van der Waals surface area contributed by atoms with Crippen molar-refractivity contribution >= 4 is 5.96 Å². The molecule has 0 aromatic heterocycles. The lowest BCUT2D eigenvalue weighted by Crippen LogP contribution is -2.53. The van der Waals surface area contributed by atoms with Crippen LogP contribution in [0.25, 0.3) is 0 Å². The van der Waals surface area contributed by atoms with E-state index in [0.717, 1.165) is 38.8 Å². The summed E-state index contributed by atoms with van der Waals surface area (Å²) >= 11 is 0. The lowest BCUT2D eigenvalue weighted by atomic mass is 10.0. The molecule has 1 aliphatic heterocycles. The minimum absolute atomic E-state index is 0.120. The number of nitrogens with zero attached hydrogens (tertiary/aromatic N) is 2. The van der Waals surface area contributed by atoms with Gasteiger partial charge in [-0.05, 0) is 25.0 Å². The van der Waals surface area contributed by atoms with Crippen molar-refractivity contribution in [3.8, 4) is 5.75 Å². The van der Waals surface area contributed by atoms with E-state index in [9.17, 15) is 4.39 Å². The minimum atomic E-state index is -0.298. The second-order valence-electron chi connectivity index (χ2n) is 7.18. The average Bonchev–Trinajstić information content (AvgIpc) is 2.65. The maximum Gasteiger partial charge on any atom is 0.191 e. The van der Waals surface area contributed by atoms with E-state index in [0.29, 0.717) is 24.3 Å². The first kappa shape index (κ1) is 21.4. The summed E-state index contributed by atoms with van der Waals surface area (Å²) in [6.45, 7) is 11.3. The highest BCUT2D eigenvalue weighted by atomic mass is 19.1. The summed E-state index contributed by atoms with van der Waals surface area (Å²) in [4.78, 5) is 6.77. The van der Waals surface area contributed by atoms with Gasteiger partial charge < -0.3 is 20.1 Å². The van der Waals surface area contributed by atoms with E-state index in [1.807, 2.05) is 6.92 Å². The number of rotatable bonds is 8. The summed E-state index contributed by atoms with van der Waals surface area (Å²) in [7, 11) is 1.76. The van der Waals surface area contributed by atoms with Crippen molar-refractivity contribution in [2.24, 2.45) is 10.9 Å². The molecular weight excluding hydrogens is 347 g/mol. The number of hydrogen-bond donors (Lipinski definition) is 2. The largest absolute Gasteiger partial charge is 0.489 e. The first-order chi connectivity index (χ1) is 13.0. The molecule has 0 saturated carbocycles. The normalized spacial score (nSPS) is 18.2. The highest BCUT2D eigenvalue weighted by molar-refractivity contribution is 5.79. The topological polar surface area (TPSA) is 58.1 Å². The van der Waals surface area contributed by atoms with Crippen LogP contribution in [0.15, 0.2) is 29.3 Å². The molecule has 0 radical (unpaired) electrons. The number of halogens is 1. The van der Waals surface area contributed by atoms with Crippen molar-refractivity contribution in [2.45, 2.75) is 32.9 Å². The molecule has 0 spiro atoms. The van der Waals surface area contributed by atoms with Crippen LogP contribution in [-0.2, 0) is 4.74 Å². The zero-order chi connectivity index (χ0) is 19.6. The van der Waals surface area contributed by atoms with Gasteiger partial charge in [-0.2, -0.15) is 0 Å². The Kier molecular flexibility index (Phi) is 8.81. The molecule has 27 heavy (non-hydrogen) atoms. The van der Waals surface area contributed by atoms with Gasteiger partial charge >= 0.3 is 0 Å². The Morgan fingerprint density at radius 1 is 1.22 bits per heavy atom. The number of guanidine groups is 1. The van der Waals surface area contributed by atoms with Gasteiger partial charge in [0.15, 0.2) is 5.96 Å². The van der Waals surface area contributed by atoms with Gasteiger partial charge in [-0.15, -0.1) is 0 Å². The van der Waals surface area contributed by atoms with Crippen LogP contribution in [0.4, 0.5) is 4.39 Å². The van der Waals surface area contributed by atoms with Gasteiger partial charge in [0.2, 0.25) is 0 Å². The number of hydrogen-bond acceptors (Lipinski definition) is 4. The SMILES string of the molecule is CN=C(NCC(C)Oc1cccc(F)c1)NCC(C(C)C)N1CCOCC1. The van der Waals surface area contributed by atoms with Crippen LogP contribution in [0.5, 0.6) is 5.75 Å². The Balaban J connectivity index is 1.78. The highest BCUT2D eigenvalue weighted by Crippen LogP contribution is 2.14. The number of benzene rings is 1. The molecule has 1 aliphatic rings. The van der Waals surface area contributed by atoms with Gasteiger partial charge in [0.1, 0.15) is 17.7 Å². The molecule has 7 heteroatoms. The van der Waals surface area contributed by atoms with E-state index in [-0.39, 0.29) is 11.9 Å². The molecule has 6 nitrogen and oxygen atoms in total. The number of ether oxygens (including phenoxy) is 2. The van der Waals surface area contributed by atoms with E-state index in [2.05, 4.69) is 34.4 Å². The molecule has 1 saturated heterocycles. The van der Waals surface area contributed by atoms with Gasteiger partial charge in [0.05, 0.1) is 19.8 Å². The molecular formula is C20H33FN4O2. The fourth-order valence-electron chi connectivity index (χ4n) is 3.17. The molecule has 0 aliphatic carbocycles. The lowest BCUT2D eigenvalue weighted by molar-refractivity contribution is 0.00751. The van der Waals surface area contributed by atoms with Gasteiger partial charge in [0.25, 0.3) is 0 Å². The van der Waals surface area contributed by atoms with E-state index in [1.165, 1.54) is 12.1 Å². The molecule has 0 amide bonds. The zero-order valence-electron chi connectivity index (χ0n) is 16.9. The highest BCUT2D eigenvalue weighted by Gasteiger charge is 2.23. The fraction of sp³-hybridized carbons (Fsp3) is 0.650. The Morgan fingerprint density at radius 2 is 1.93 bits per heavy atom. The van der Waals surface area contributed by atoms with Gasteiger partial charge in [0, 0.05) is 38.8 Å². The Morgan fingerprint density at radius 3 is 2.56 bits per heavy atom. The summed E-state index contributed by atoms with van der Waals surface area (Å²) in [6.07, 6.45) is -0.120. The van der Waals surface area contributed by atoms with Crippen LogP contribution in [0.2, 0.25) is 0 Å². The Bertz CT molecular complexity index is 591. The van der Waals surface area contributed by atoms with Crippen molar-refractivity contribution in [3.05, 3.63) is 30.1 Å². The van der Waals surface area contributed by atoms with Gasteiger partial charge in [-0.1, -0.05) is 19.9 Å². The number of nitrogens with one attached hydrogen (secondary N) is 2. The van der Waals surface area contributed by atoms with Crippen LogP contribution in [0.1, 0.15) is 20.8 Å². The zero-order valence-corrected chi connectivity index (χ0v) is 16.9. The fourth-order valence-corrected chi connectivity index (χ4v) is 3.17. The predicted molar refractivity (Wildman–Crippen MR) is 107 cm³/mol. The van der Waals surface area contributed by atoms with Crippen LogP contribution in [0.3, 0.4) is 0 Å². The molecule has 0 bridgehead atoms. The second kappa shape index (κ2) is 11.1. The van der Waals surface area contributed by atoms with E-state index >= 15 is 0 Å². The molecule has 1 aromatic carbocycles. The van der Waals surface area contributed by atoms with E-state index in [1.54, 1.807) is 19.2 Å². The maximum absolute atomic E-state index is 13.2. The van der Waals surface area contributed by atoms with Crippen molar-refractivity contribution in [2.75, 3.05) is 46.4 Å². The van der Waals surface area contributed by atoms with Crippen LogP contribution in [-0.4, -0.2) is 69.4 Å². The summed E-state index contributed by atoms with van der Waals surface area (Å²) < 4.78 is 24.4. The monoisotopic (exact) mass is 380 g/mol. The number of morpholine rings is 1. The van der Waals surface area contributed by atoms with Crippen LogP contribution in [0, 0.1) is 11.7 Å². The standard InChI is InChI=1S/C20H33FN4O2/c1-15(2)19(25-8-10-26-11-9-25)14-24-20(22-4)23-13-16(3)27-18-7-5-6-17(21)12-18/h5-7,12,15-16,19H,8-11,13-14H2,1-4H3,(H2,22,23,24). The summed E-state index contributed by atoms with van der Waals surface area (Å²) in [5.41, 5.74) is 0. The van der Waals surface area contributed by atoms with Crippen molar-refractivity contribution in [1.82, 2.24) is 15.5 Å². The third-order valence-corrected chi connectivity index (χ3v) is 4.68. The number of aliphatic imine (C=N–C) groups is 1. The molecule has 2 N–H and O–H groups in total. The average molecular weight is 381 g/mol. The second-order valence-corrected chi connectivity index (χ2v) is 7.18.